The van der Waals surface area contributed by atoms with Gasteiger partial charge in [0.05, 0.1) is 5.69 Å². The molecule has 0 bridgehead atoms. The molecule has 34 heavy (non-hydrogen) atoms. The van der Waals surface area contributed by atoms with Crippen molar-refractivity contribution in [2.75, 3.05) is 19.0 Å². The van der Waals surface area contributed by atoms with Gasteiger partial charge in [-0.25, -0.2) is 14.4 Å². The number of methoxy groups -OCH3 is 1. The van der Waals surface area contributed by atoms with Gasteiger partial charge in [0.1, 0.15) is 5.82 Å². The second-order valence-corrected chi connectivity index (χ2v) is 8.71. The van der Waals surface area contributed by atoms with Crippen LogP contribution in [-0.2, 0) is 17.6 Å². The molecular formula is C29H28FN3O. The van der Waals surface area contributed by atoms with Crippen LogP contribution in [0.4, 0.5) is 16.0 Å². The molecular weight excluding hydrogens is 425 g/mol. The Kier molecular flexibility index (Phi) is 6.63. The minimum absolute atomic E-state index is 0.0536. The quantitative estimate of drug-likeness (QED) is 0.302. The SMILES string of the molecule is COCCCCc1cccc(Nc2ncc3c(n2)-c2ccccc2[C@H](c2ccccc2F)C3)c1. The summed E-state index contributed by atoms with van der Waals surface area (Å²) in [6.07, 6.45) is 5.70. The van der Waals surface area contributed by atoms with Crippen molar-refractivity contribution in [1.29, 1.82) is 0 Å². The molecule has 1 aromatic heterocycles. The van der Waals surface area contributed by atoms with E-state index in [2.05, 4.69) is 40.6 Å². The highest BCUT2D eigenvalue weighted by Crippen LogP contribution is 2.42. The van der Waals surface area contributed by atoms with Crippen LogP contribution >= 0.6 is 0 Å². The van der Waals surface area contributed by atoms with Gasteiger partial charge >= 0.3 is 0 Å². The highest BCUT2D eigenvalue weighted by atomic mass is 19.1. The largest absolute Gasteiger partial charge is 0.385 e. The highest BCUT2D eigenvalue weighted by Gasteiger charge is 2.28. The zero-order valence-electron chi connectivity index (χ0n) is 19.3. The summed E-state index contributed by atoms with van der Waals surface area (Å²) in [5, 5.41) is 3.37. The Hall–Kier alpha value is -3.57. The smallest absolute Gasteiger partial charge is 0.227 e. The van der Waals surface area contributed by atoms with Gasteiger partial charge in [0, 0.05) is 37.1 Å². The van der Waals surface area contributed by atoms with Crippen molar-refractivity contribution in [3.05, 3.63) is 107 Å². The molecule has 0 unspecified atom stereocenters. The van der Waals surface area contributed by atoms with E-state index >= 15 is 0 Å². The number of anilines is 2. The topological polar surface area (TPSA) is 47.0 Å². The first kappa shape index (κ1) is 22.2. The average Bonchev–Trinajstić information content (AvgIpc) is 2.87. The Morgan fingerprint density at radius 2 is 1.79 bits per heavy atom. The van der Waals surface area contributed by atoms with E-state index in [1.807, 2.05) is 36.5 Å². The first-order chi connectivity index (χ1) is 16.7. The maximum absolute atomic E-state index is 14.7. The van der Waals surface area contributed by atoms with Crippen LogP contribution in [0.1, 0.15) is 41.0 Å². The van der Waals surface area contributed by atoms with Crippen molar-refractivity contribution in [3.63, 3.8) is 0 Å². The molecule has 1 aliphatic carbocycles. The summed E-state index contributed by atoms with van der Waals surface area (Å²) < 4.78 is 19.8. The normalized spacial score (nSPS) is 14.4. The zero-order chi connectivity index (χ0) is 23.3. The lowest BCUT2D eigenvalue weighted by molar-refractivity contribution is 0.193. The number of unbranched alkanes of at least 4 members (excludes halogenated alkanes) is 1. The van der Waals surface area contributed by atoms with Crippen molar-refractivity contribution >= 4 is 11.6 Å². The van der Waals surface area contributed by atoms with Crippen LogP contribution in [0.5, 0.6) is 0 Å². The number of aryl methyl sites for hydroxylation is 1. The second kappa shape index (κ2) is 10.1. The molecule has 1 aliphatic rings. The molecule has 4 nitrogen and oxygen atoms in total. The van der Waals surface area contributed by atoms with E-state index in [4.69, 9.17) is 9.72 Å². The predicted octanol–water partition coefficient (Wildman–Crippen LogP) is 6.68. The van der Waals surface area contributed by atoms with Crippen molar-refractivity contribution in [2.45, 2.75) is 31.6 Å². The molecule has 3 aromatic carbocycles. The van der Waals surface area contributed by atoms with E-state index in [-0.39, 0.29) is 11.7 Å². The van der Waals surface area contributed by atoms with E-state index in [0.717, 1.165) is 53.9 Å². The third-order valence-electron chi connectivity index (χ3n) is 6.41. The predicted molar refractivity (Wildman–Crippen MR) is 134 cm³/mol. The summed E-state index contributed by atoms with van der Waals surface area (Å²) in [4.78, 5) is 9.48. The van der Waals surface area contributed by atoms with Crippen molar-refractivity contribution < 1.29 is 9.13 Å². The third-order valence-corrected chi connectivity index (χ3v) is 6.41. The lowest BCUT2D eigenvalue weighted by atomic mass is 9.78. The molecule has 172 valence electrons. The summed E-state index contributed by atoms with van der Waals surface area (Å²) in [5.41, 5.74) is 7.04. The molecule has 0 amide bonds. The summed E-state index contributed by atoms with van der Waals surface area (Å²) in [6, 6.07) is 23.6. The van der Waals surface area contributed by atoms with Crippen LogP contribution in [0.25, 0.3) is 11.3 Å². The summed E-state index contributed by atoms with van der Waals surface area (Å²) in [5.74, 6) is 0.337. The number of nitrogens with one attached hydrogen (secondary N) is 1. The zero-order valence-corrected chi connectivity index (χ0v) is 19.3. The number of benzene rings is 3. The summed E-state index contributed by atoms with van der Waals surface area (Å²) >= 11 is 0. The average molecular weight is 454 g/mol. The van der Waals surface area contributed by atoms with Gasteiger partial charge < -0.3 is 10.1 Å². The van der Waals surface area contributed by atoms with Gasteiger partial charge in [-0.2, -0.15) is 0 Å². The number of halogens is 1. The van der Waals surface area contributed by atoms with Crippen LogP contribution in [0.2, 0.25) is 0 Å². The fourth-order valence-electron chi connectivity index (χ4n) is 4.74. The lowest BCUT2D eigenvalue weighted by Gasteiger charge is -2.27. The molecule has 1 heterocycles. The number of hydrogen-bond acceptors (Lipinski definition) is 4. The van der Waals surface area contributed by atoms with Crippen LogP contribution in [0.3, 0.4) is 0 Å². The van der Waals surface area contributed by atoms with E-state index in [0.29, 0.717) is 17.9 Å². The Morgan fingerprint density at radius 3 is 2.65 bits per heavy atom. The fourth-order valence-corrected chi connectivity index (χ4v) is 4.74. The maximum Gasteiger partial charge on any atom is 0.227 e. The van der Waals surface area contributed by atoms with Gasteiger partial charge in [-0.15, -0.1) is 0 Å². The Morgan fingerprint density at radius 1 is 0.971 bits per heavy atom. The van der Waals surface area contributed by atoms with Gasteiger partial charge in [0.2, 0.25) is 5.95 Å². The van der Waals surface area contributed by atoms with E-state index in [1.54, 1.807) is 13.2 Å². The first-order valence-corrected chi connectivity index (χ1v) is 11.8. The minimum Gasteiger partial charge on any atom is -0.385 e. The molecule has 0 aliphatic heterocycles. The molecule has 5 rings (SSSR count). The molecule has 1 N–H and O–H groups in total. The number of ether oxygens (including phenoxy) is 1. The van der Waals surface area contributed by atoms with Crippen molar-refractivity contribution in [1.82, 2.24) is 9.97 Å². The van der Waals surface area contributed by atoms with Gasteiger partial charge in [0.25, 0.3) is 0 Å². The molecule has 0 saturated heterocycles. The molecule has 1 atom stereocenters. The van der Waals surface area contributed by atoms with Crippen molar-refractivity contribution in [3.8, 4) is 11.3 Å². The fraction of sp³-hybridized carbons (Fsp3) is 0.241. The monoisotopic (exact) mass is 453 g/mol. The first-order valence-electron chi connectivity index (χ1n) is 11.8. The number of rotatable bonds is 8. The standard InChI is InChI=1S/C29H28FN3O/c1-34-16-7-6-9-20-10-8-11-22(17-20)32-29-31-19-21-18-26(24-13-4-5-15-27(24)30)23-12-2-3-14-25(23)28(21)33-29/h2-5,8,10-15,17,19,26H,6-7,9,16,18H2,1H3,(H,31,32,33)/t26-/m1/s1. The summed E-state index contributed by atoms with van der Waals surface area (Å²) in [6.45, 7) is 0.792. The van der Waals surface area contributed by atoms with Crippen LogP contribution in [0.15, 0.2) is 79.0 Å². The van der Waals surface area contributed by atoms with Gasteiger partial charge in [-0.3, -0.25) is 0 Å². The van der Waals surface area contributed by atoms with Gasteiger partial charge in [-0.05, 0) is 66.1 Å². The van der Waals surface area contributed by atoms with Crippen molar-refractivity contribution in [2.24, 2.45) is 0 Å². The molecule has 0 spiro atoms. The maximum atomic E-state index is 14.7. The van der Waals surface area contributed by atoms with E-state index in [1.165, 1.54) is 11.6 Å². The Bertz CT molecular complexity index is 1290. The lowest BCUT2D eigenvalue weighted by Crippen LogP contribution is -2.16. The van der Waals surface area contributed by atoms with Crippen LogP contribution < -0.4 is 5.32 Å². The third kappa shape index (κ3) is 4.70. The molecule has 0 fully saturated rings. The molecule has 0 saturated carbocycles. The van der Waals surface area contributed by atoms with E-state index < -0.39 is 0 Å². The molecule has 4 aromatic rings. The number of aromatic nitrogens is 2. The van der Waals surface area contributed by atoms with Gasteiger partial charge in [-0.1, -0.05) is 54.6 Å². The Labute approximate surface area is 199 Å². The number of nitrogens with zero attached hydrogens (tertiary/aromatic N) is 2. The number of fused-ring (bicyclic) bond motifs is 3. The summed E-state index contributed by atoms with van der Waals surface area (Å²) in [7, 11) is 1.74. The van der Waals surface area contributed by atoms with E-state index in [9.17, 15) is 4.39 Å². The van der Waals surface area contributed by atoms with Crippen LogP contribution in [0, 0.1) is 5.82 Å². The Balaban J connectivity index is 1.41. The molecule has 0 radical (unpaired) electrons. The van der Waals surface area contributed by atoms with Gasteiger partial charge in [0.15, 0.2) is 0 Å². The number of hydrogen-bond donors (Lipinski definition) is 1. The minimum atomic E-state index is -0.174. The van der Waals surface area contributed by atoms with Crippen LogP contribution in [-0.4, -0.2) is 23.7 Å². The second-order valence-electron chi connectivity index (χ2n) is 8.71. The molecule has 5 heteroatoms. The highest BCUT2D eigenvalue weighted by molar-refractivity contribution is 5.73.